The van der Waals surface area contributed by atoms with Crippen molar-refractivity contribution in [1.82, 2.24) is 10.6 Å². The summed E-state index contributed by atoms with van der Waals surface area (Å²) in [6, 6.07) is 13.3. The highest BCUT2D eigenvalue weighted by molar-refractivity contribution is 7.10. The molecule has 0 aliphatic carbocycles. The summed E-state index contributed by atoms with van der Waals surface area (Å²) in [6.45, 7) is 0.412. The van der Waals surface area contributed by atoms with Crippen molar-refractivity contribution in [3.63, 3.8) is 0 Å². The van der Waals surface area contributed by atoms with Crippen molar-refractivity contribution in [3.05, 3.63) is 58.3 Å². The van der Waals surface area contributed by atoms with Crippen molar-refractivity contribution in [2.75, 3.05) is 13.1 Å². The van der Waals surface area contributed by atoms with Gasteiger partial charge in [-0.3, -0.25) is 9.59 Å². The molecule has 116 valence electrons. The number of nitrogens with one attached hydrogen (secondary N) is 2. The lowest BCUT2D eigenvalue weighted by Gasteiger charge is -2.10. The monoisotopic (exact) mass is 318 g/mol. The predicted molar refractivity (Wildman–Crippen MR) is 85.4 cm³/mol. The molecule has 0 saturated heterocycles. The van der Waals surface area contributed by atoms with E-state index in [1.807, 2.05) is 41.8 Å². The molecule has 6 heteroatoms. The Morgan fingerprint density at radius 1 is 1.05 bits per heavy atom. The predicted octanol–water partition coefficient (Wildman–Crippen LogP) is 1.26. The summed E-state index contributed by atoms with van der Waals surface area (Å²) < 4.78 is 0. The maximum Gasteiger partial charge on any atom is 0.309 e. The molecule has 1 aromatic carbocycles. The Bertz CT molecular complexity index is 599. The van der Waals surface area contributed by atoms with E-state index in [0.717, 1.165) is 10.4 Å². The van der Waals surface area contributed by atoms with Gasteiger partial charge in [-0.05, 0) is 23.4 Å². The van der Waals surface area contributed by atoms with Crippen LogP contribution in [0.25, 0.3) is 0 Å². The van der Waals surface area contributed by atoms with Gasteiger partial charge in [0.15, 0.2) is 0 Å². The van der Waals surface area contributed by atoms with Gasteiger partial charge in [0.25, 0.3) is 0 Å². The number of carbonyl (C=O) groups excluding carboxylic acids is 2. The highest BCUT2D eigenvalue weighted by Gasteiger charge is 2.15. The second-order valence-electron chi connectivity index (χ2n) is 4.73. The minimum Gasteiger partial charge on any atom is -0.386 e. The molecule has 1 unspecified atom stereocenters. The van der Waals surface area contributed by atoms with Gasteiger partial charge in [-0.15, -0.1) is 11.3 Å². The van der Waals surface area contributed by atoms with E-state index in [-0.39, 0.29) is 6.54 Å². The van der Waals surface area contributed by atoms with E-state index in [2.05, 4.69) is 10.6 Å². The van der Waals surface area contributed by atoms with Gasteiger partial charge >= 0.3 is 11.8 Å². The van der Waals surface area contributed by atoms with E-state index in [4.69, 9.17) is 0 Å². The summed E-state index contributed by atoms with van der Waals surface area (Å²) in [7, 11) is 0. The quantitative estimate of drug-likeness (QED) is 0.702. The Hall–Kier alpha value is -2.18. The number of hydrogen-bond acceptors (Lipinski definition) is 4. The Morgan fingerprint density at radius 3 is 2.45 bits per heavy atom. The number of rotatable bonds is 6. The minimum absolute atomic E-state index is 0.0193. The zero-order chi connectivity index (χ0) is 15.8. The van der Waals surface area contributed by atoms with E-state index < -0.39 is 17.9 Å². The van der Waals surface area contributed by atoms with Gasteiger partial charge in [-0.1, -0.05) is 36.4 Å². The summed E-state index contributed by atoms with van der Waals surface area (Å²) >= 11 is 1.40. The first kappa shape index (κ1) is 16.2. The van der Waals surface area contributed by atoms with Crippen LogP contribution in [0.5, 0.6) is 0 Å². The van der Waals surface area contributed by atoms with Crippen LogP contribution in [0.3, 0.4) is 0 Å². The van der Waals surface area contributed by atoms with Gasteiger partial charge in [0.2, 0.25) is 0 Å². The molecular formula is C16H18N2O3S. The molecule has 1 aromatic heterocycles. The summed E-state index contributed by atoms with van der Waals surface area (Å²) in [6.07, 6.45) is -0.126. The molecule has 2 aromatic rings. The van der Waals surface area contributed by atoms with E-state index >= 15 is 0 Å². The summed E-state index contributed by atoms with van der Waals surface area (Å²) in [5.41, 5.74) is 1.09. The molecule has 0 radical (unpaired) electrons. The van der Waals surface area contributed by atoms with Crippen LogP contribution in [-0.2, 0) is 16.0 Å². The molecule has 3 N–H and O–H groups in total. The molecule has 0 aliphatic rings. The van der Waals surface area contributed by atoms with Crippen LogP contribution >= 0.6 is 11.3 Å². The highest BCUT2D eigenvalue weighted by Crippen LogP contribution is 2.17. The minimum atomic E-state index is -0.791. The van der Waals surface area contributed by atoms with E-state index in [9.17, 15) is 14.7 Å². The zero-order valence-corrected chi connectivity index (χ0v) is 12.8. The average Bonchev–Trinajstić information content (AvgIpc) is 3.07. The third-order valence-corrected chi connectivity index (χ3v) is 4.05. The molecule has 0 fully saturated rings. The maximum absolute atomic E-state index is 11.6. The summed E-state index contributed by atoms with van der Waals surface area (Å²) in [4.78, 5) is 24.0. The van der Waals surface area contributed by atoms with Gasteiger partial charge < -0.3 is 15.7 Å². The van der Waals surface area contributed by atoms with Crippen molar-refractivity contribution in [2.45, 2.75) is 12.5 Å². The molecule has 5 nitrogen and oxygen atoms in total. The number of carbonyl (C=O) groups is 2. The molecule has 1 heterocycles. The average molecular weight is 318 g/mol. The van der Waals surface area contributed by atoms with Crippen LogP contribution in [0.2, 0.25) is 0 Å². The van der Waals surface area contributed by atoms with Crippen LogP contribution in [0.15, 0.2) is 47.8 Å². The lowest BCUT2D eigenvalue weighted by atomic mass is 10.1. The van der Waals surface area contributed by atoms with E-state index in [0.29, 0.717) is 13.0 Å². The fourth-order valence-corrected chi connectivity index (χ4v) is 2.61. The lowest BCUT2D eigenvalue weighted by Crippen LogP contribution is -2.42. The Morgan fingerprint density at radius 2 is 1.77 bits per heavy atom. The molecule has 0 aliphatic heterocycles. The summed E-state index contributed by atoms with van der Waals surface area (Å²) in [5, 5.41) is 16.7. The fourth-order valence-electron chi connectivity index (χ4n) is 1.90. The Kier molecular flexibility index (Phi) is 6.12. The molecule has 0 saturated carbocycles. The zero-order valence-electron chi connectivity index (χ0n) is 12.0. The fraction of sp³-hybridized carbons (Fsp3) is 0.250. The Labute approximate surface area is 133 Å². The van der Waals surface area contributed by atoms with Gasteiger partial charge in [0, 0.05) is 18.0 Å². The molecule has 0 bridgehead atoms. The van der Waals surface area contributed by atoms with E-state index in [1.165, 1.54) is 11.3 Å². The molecule has 22 heavy (non-hydrogen) atoms. The van der Waals surface area contributed by atoms with Gasteiger partial charge in [-0.2, -0.15) is 0 Å². The maximum atomic E-state index is 11.6. The van der Waals surface area contributed by atoms with Gasteiger partial charge in [-0.25, -0.2) is 0 Å². The van der Waals surface area contributed by atoms with Gasteiger partial charge in [0.05, 0.1) is 0 Å². The van der Waals surface area contributed by atoms with Crippen molar-refractivity contribution in [3.8, 4) is 0 Å². The van der Waals surface area contributed by atoms with Crippen LogP contribution < -0.4 is 10.6 Å². The van der Waals surface area contributed by atoms with Gasteiger partial charge in [0.1, 0.15) is 6.10 Å². The second-order valence-corrected chi connectivity index (χ2v) is 5.71. The van der Waals surface area contributed by atoms with Crippen molar-refractivity contribution < 1.29 is 14.7 Å². The molecule has 1 atom stereocenters. The van der Waals surface area contributed by atoms with Crippen LogP contribution in [-0.4, -0.2) is 30.0 Å². The number of aliphatic hydroxyl groups is 1. The molecule has 2 amide bonds. The first-order valence-corrected chi connectivity index (χ1v) is 7.86. The number of aliphatic hydroxyl groups excluding tert-OH is 1. The number of amides is 2. The lowest BCUT2D eigenvalue weighted by molar-refractivity contribution is -0.139. The highest BCUT2D eigenvalue weighted by atomic mass is 32.1. The molecule has 0 spiro atoms. The first-order valence-electron chi connectivity index (χ1n) is 6.98. The number of hydrogen-bond donors (Lipinski definition) is 3. The third kappa shape index (κ3) is 4.98. The van der Waals surface area contributed by atoms with Crippen LogP contribution in [0.1, 0.15) is 16.5 Å². The molecule has 2 rings (SSSR count). The largest absolute Gasteiger partial charge is 0.386 e. The third-order valence-electron chi connectivity index (χ3n) is 3.08. The Balaban J connectivity index is 1.67. The number of thiophene rings is 1. The van der Waals surface area contributed by atoms with Crippen molar-refractivity contribution in [2.24, 2.45) is 0 Å². The normalized spacial score (nSPS) is 11.7. The topological polar surface area (TPSA) is 78.4 Å². The first-order chi connectivity index (χ1) is 10.7. The van der Waals surface area contributed by atoms with E-state index in [1.54, 1.807) is 6.07 Å². The second kappa shape index (κ2) is 8.31. The molecular weight excluding hydrogens is 300 g/mol. The van der Waals surface area contributed by atoms with Crippen LogP contribution in [0.4, 0.5) is 0 Å². The van der Waals surface area contributed by atoms with Crippen LogP contribution in [0, 0.1) is 0 Å². The van der Waals surface area contributed by atoms with Crippen molar-refractivity contribution in [1.29, 1.82) is 0 Å². The SMILES string of the molecule is O=C(NCCc1ccccc1)C(=O)NCC(O)c1cccs1. The number of benzene rings is 1. The standard InChI is InChI=1S/C16H18N2O3S/c19-13(14-7-4-10-22-14)11-18-16(21)15(20)17-9-8-12-5-2-1-3-6-12/h1-7,10,13,19H,8-9,11H2,(H,17,20)(H,18,21). The smallest absolute Gasteiger partial charge is 0.309 e. The summed E-state index contributed by atoms with van der Waals surface area (Å²) in [5.74, 6) is -1.42. The van der Waals surface area contributed by atoms with Crippen molar-refractivity contribution >= 4 is 23.2 Å².